The van der Waals surface area contributed by atoms with Crippen molar-refractivity contribution in [3.05, 3.63) is 34.4 Å². The second-order valence-electron chi connectivity index (χ2n) is 5.09. The number of aliphatic hydroxyl groups is 3. The van der Waals surface area contributed by atoms with E-state index in [9.17, 15) is 9.59 Å². The molecule has 3 N–H and O–H groups in total. The van der Waals surface area contributed by atoms with Crippen molar-refractivity contribution in [3.63, 3.8) is 0 Å². The fourth-order valence-electron chi connectivity index (χ4n) is 1.29. The third kappa shape index (κ3) is 5.21. The Morgan fingerprint density at radius 2 is 1.25 bits per heavy atom. The van der Waals surface area contributed by atoms with Crippen LogP contribution in [0.2, 0.25) is 0 Å². The fourth-order valence-corrected chi connectivity index (χ4v) is 1.29. The zero-order valence-corrected chi connectivity index (χ0v) is 12.1. The molecule has 0 aliphatic carbocycles. The van der Waals surface area contributed by atoms with Crippen LogP contribution in [0.25, 0.3) is 0 Å². The van der Waals surface area contributed by atoms with E-state index in [1.54, 1.807) is 13.0 Å². The van der Waals surface area contributed by atoms with E-state index in [1.807, 2.05) is 19.9 Å². The van der Waals surface area contributed by atoms with Gasteiger partial charge in [0, 0.05) is 16.5 Å². The molecule has 5 nitrogen and oxygen atoms in total. The van der Waals surface area contributed by atoms with Crippen LogP contribution in [0, 0.1) is 19.3 Å². The Hall–Kier alpha value is -1.56. The molecule has 0 bridgehead atoms. The van der Waals surface area contributed by atoms with Crippen molar-refractivity contribution in [2.24, 2.45) is 5.41 Å². The highest BCUT2D eigenvalue weighted by molar-refractivity contribution is 5.84. The topological polar surface area (TPSA) is 94.8 Å². The number of aliphatic hydroxyl groups excluding tert-OH is 3. The molecular weight excluding hydrogens is 260 g/mol. The highest BCUT2D eigenvalue weighted by Crippen LogP contribution is 2.12. The molecule has 0 amide bonds. The van der Waals surface area contributed by atoms with E-state index < -0.39 is 5.41 Å². The van der Waals surface area contributed by atoms with Crippen LogP contribution < -0.4 is 0 Å². The van der Waals surface area contributed by atoms with Crippen molar-refractivity contribution in [2.75, 3.05) is 19.8 Å². The second-order valence-corrected chi connectivity index (χ2v) is 5.09. The summed E-state index contributed by atoms with van der Waals surface area (Å²) in [5, 5.41) is 25.4. The molecule has 0 unspecified atom stereocenters. The number of carbonyl (C=O) groups excluding carboxylic acids is 2. The van der Waals surface area contributed by atoms with E-state index in [-0.39, 0.29) is 19.8 Å². The maximum absolute atomic E-state index is 10.5. The standard InChI is InChI=1S/C10H10O2.C5H12O3/c1-7-3-8(2)10(6-12)4-9(7)5-11;1-5(2-6,3-7)4-8/h3-6H,1-2H3;6-8H,2-4H2,1H3. The molecule has 1 aromatic rings. The summed E-state index contributed by atoms with van der Waals surface area (Å²) in [7, 11) is 0. The van der Waals surface area contributed by atoms with Crippen LogP contribution >= 0.6 is 0 Å². The molecule has 0 atom stereocenters. The summed E-state index contributed by atoms with van der Waals surface area (Å²) in [5.41, 5.74) is 2.28. The smallest absolute Gasteiger partial charge is 0.150 e. The molecule has 112 valence electrons. The van der Waals surface area contributed by atoms with E-state index in [2.05, 4.69) is 0 Å². The number of benzene rings is 1. The predicted octanol–water partition coefficient (Wildman–Crippen LogP) is 0.898. The van der Waals surface area contributed by atoms with Gasteiger partial charge in [0.15, 0.2) is 0 Å². The first-order valence-electron chi connectivity index (χ1n) is 6.21. The maximum atomic E-state index is 10.5. The molecule has 0 fully saturated rings. The highest BCUT2D eigenvalue weighted by Gasteiger charge is 2.20. The number of hydrogen-bond acceptors (Lipinski definition) is 5. The zero-order valence-electron chi connectivity index (χ0n) is 12.1. The molecule has 1 rings (SSSR count). The lowest BCUT2D eigenvalue weighted by Gasteiger charge is -2.20. The Balaban J connectivity index is 0.000000396. The Bertz CT molecular complexity index is 412. The van der Waals surface area contributed by atoms with Gasteiger partial charge < -0.3 is 15.3 Å². The van der Waals surface area contributed by atoms with Crippen molar-refractivity contribution in [3.8, 4) is 0 Å². The average Bonchev–Trinajstić information content (AvgIpc) is 2.47. The average molecular weight is 282 g/mol. The van der Waals surface area contributed by atoms with Crippen molar-refractivity contribution in [1.82, 2.24) is 0 Å². The summed E-state index contributed by atoms with van der Waals surface area (Å²) in [6.07, 6.45) is 1.53. The van der Waals surface area contributed by atoms with Gasteiger partial charge in [-0.25, -0.2) is 0 Å². The first-order chi connectivity index (χ1) is 9.37. The van der Waals surface area contributed by atoms with Gasteiger partial charge in [-0.2, -0.15) is 0 Å². The van der Waals surface area contributed by atoms with Gasteiger partial charge in [-0.05, 0) is 31.0 Å². The molecule has 20 heavy (non-hydrogen) atoms. The van der Waals surface area contributed by atoms with E-state index >= 15 is 0 Å². The summed E-state index contributed by atoms with van der Waals surface area (Å²) in [6.45, 7) is 4.77. The lowest BCUT2D eigenvalue weighted by molar-refractivity contribution is 0.0200. The van der Waals surface area contributed by atoms with Gasteiger partial charge in [-0.1, -0.05) is 13.0 Å². The van der Waals surface area contributed by atoms with Gasteiger partial charge in [0.1, 0.15) is 12.6 Å². The van der Waals surface area contributed by atoms with Crippen LogP contribution in [-0.2, 0) is 0 Å². The second kappa shape index (κ2) is 8.58. The van der Waals surface area contributed by atoms with Gasteiger partial charge in [-0.15, -0.1) is 0 Å². The fraction of sp³-hybridized carbons (Fsp3) is 0.467. The van der Waals surface area contributed by atoms with Crippen molar-refractivity contribution < 1.29 is 24.9 Å². The SMILES string of the molecule is CC(CO)(CO)CO.Cc1cc(C)c(C=O)cc1C=O. The van der Waals surface area contributed by atoms with E-state index in [0.29, 0.717) is 11.1 Å². The Morgan fingerprint density at radius 3 is 1.45 bits per heavy atom. The first-order valence-corrected chi connectivity index (χ1v) is 6.21. The van der Waals surface area contributed by atoms with Crippen LogP contribution in [0.1, 0.15) is 38.8 Å². The molecule has 5 heteroatoms. The molecule has 0 aliphatic rings. The number of aldehydes is 2. The lowest BCUT2D eigenvalue weighted by atomic mass is 9.95. The van der Waals surface area contributed by atoms with E-state index in [0.717, 1.165) is 23.7 Å². The number of hydrogen-bond donors (Lipinski definition) is 3. The van der Waals surface area contributed by atoms with Crippen molar-refractivity contribution >= 4 is 12.6 Å². The van der Waals surface area contributed by atoms with Crippen LogP contribution in [0.15, 0.2) is 12.1 Å². The monoisotopic (exact) mass is 282 g/mol. The largest absolute Gasteiger partial charge is 0.396 e. The van der Waals surface area contributed by atoms with Gasteiger partial charge in [0.05, 0.1) is 19.8 Å². The summed E-state index contributed by atoms with van der Waals surface area (Å²) < 4.78 is 0. The van der Waals surface area contributed by atoms with Gasteiger partial charge in [0.25, 0.3) is 0 Å². The zero-order chi connectivity index (χ0) is 15.8. The lowest BCUT2D eigenvalue weighted by Crippen LogP contribution is -2.29. The minimum atomic E-state index is -0.708. The third-order valence-corrected chi connectivity index (χ3v) is 3.05. The predicted molar refractivity (Wildman–Crippen MR) is 76.1 cm³/mol. The summed E-state index contributed by atoms with van der Waals surface area (Å²) in [4.78, 5) is 21.0. The maximum Gasteiger partial charge on any atom is 0.150 e. The molecule has 0 spiro atoms. The third-order valence-electron chi connectivity index (χ3n) is 3.05. The van der Waals surface area contributed by atoms with Gasteiger partial charge in [-0.3, -0.25) is 9.59 Å². The summed E-state index contributed by atoms with van der Waals surface area (Å²) >= 11 is 0. The molecule has 0 heterocycles. The molecule has 0 saturated carbocycles. The van der Waals surface area contributed by atoms with E-state index in [4.69, 9.17) is 15.3 Å². The molecule has 0 saturated heterocycles. The minimum Gasteiger partial charge on any atom is -0.396 e. The molecular formula is C15H22O5. The summed E-state index contributed by atoms with van der Waals surface area (Å²) in [6, 6.07) is 3.46. The highest BCUT2D eigenvalue weighted by atomic mass is 16.3. The minimum absolute atomic E-state index is 0.181. The Labute approximate surface area is 118 Å². The molecule has 1 aromatic carbocycles. The van der Waals surface area contributed by atoms with Gasteiger partial charge in [0.2, 0.25) is 0 Å². The molecule has 0 aromatic heterocycles. The van der Waals surface area contributed by atoms with Crippen molar-refractivity contribution in [2.45, 2.75) is 20.8 Å². The van der Waals surface area contributed by atoms with Gasteiger partial charge >= 0.3 is 0 Å². The number of carbonyl (C=O) groups is 2. The summed E-state index contributed by atoms with van der Waals surface area (Å²) in [5.74, 6) is 0. The van der Waals surface area contributed by atoms with Crippen LogP contribution in [-0.4, -0.2) is 47.7 Å². The van der Waals surface area contributed by atoms with E-state index in [1.165, 1.54) is 0 Å². The quantitative estimate of drug-likeness (QED) is 0.697. The van der Waals surface area contributed by atoms with Crippen LogP contribution in [0.4, 0.5) is 0 Å². The number of rotatable bonds is 5. The normalized spacial score (nSPS) is 10.5. The number of aryl methyl sites for hydroxylation is 2. The first kappa shape index (κ1) is 18.4. The molecule has 0 radical (unpaired) electrons. The molecule has 0 aliphatic heterocycles. The Morgan fingerprint density at radius 1 is 0.900 bits per heavy atom. The Kier molecular flexibility index (Phi) is 7.91. The van der Waals surface area contributed by atoms with Crippen LogP contribution in [0.5, 0.6) is 0 Å². The van der Waals surface area contributed by atoms with Crippen molar-refractivity contribution in [1.29, 1.82) is 0 Å². The van der Waals surface area contributed by atoms with Crippen LogP contribution in [0.3, 0.4) is 0 Å².